The number of alkyl carbamates (subject to hydrolysis) is 1. The quantitative estimate of drug-likeness (QED) is 0.620. The second kappa shape index (κ2) is 10.4. The predicted octanol–water partition coefficient (Wildman–Crippen LogP) is 4.12. The van der Waals surface area contributed by atoms with Crippen molar-refractivity contribution in [3.63, 3.8) is 0 Å². The van der Waals surface area contributed by atoms with Crippen molar-refractivity contribution in [2.24, 2.45) is 5.92 Å². The molecule has 0 bridgehead atoms. The Hall–Kier alpha value is -3.28. The lowest BCUT2D eigenvalue weighted by Gasteiger charge is -2.37. The van der Waals surface area contributed by atoms with Crippen molar-refractivity contribution in [3.8, 4) is 11.8 Å². The minimum absolute atomic E-state index is 0.0200. The fourth-order valence-corrected chi connectivity index (χ4v) is 6.96. The largest absolute Gasteiger partial charge is 0.497 e. The molecule has 210 valence electrons. The number of nitrogens with zero attached hydrogens (tertiary/aromatic N) is 3. The molecular formula is C30H40N4O5. The van der Waals surface area contributed by atoms with Crippen molar-refractivity contribution in [3.05, 3.63) is 29.8 Å². The Kier molecular flexibility index (Phi) is 7.25. The molecule has 0 radical (unpaired) electrons. The van der Waals surface area contributed by atoms with Crippen LogP contribution in [0, 0.1) is 17.2 Å². The first kappa shape index (κ1) is 27.3. The highest BCUT2D eigenvalue weighted by atomic mass is 16.6. The number of fused-ring (bicyclic) bond motifs is 1. The molecule has 0 unspecified atom stereocenters. The van der Waals surface area contributed by atoms with Crippen molar-refractivity contribution < 1.29 is 23.9 Å². The summed E-state index contributed by atoms with van der Waals surface area (Å²) in [5, 5.41) is 13.0. The van der Waals surface area contributed by atoms with Crippen LogP contribution in [0.3, 0.4) is 0 Å². The van der Waals surface area contributed by atoms with E-state index in [1.807, 2.05) is 29.2 Å². The molecule has 1 N–H and O–H groups in total. The van der Waals surface area contributed by atoms with Crippen LogP contribution in [-0.4, -0.2) is 70.6 Å². The zero-order valence-corrected chi connectivity index (χ0v) is 23.4. The zero-order chi connectivity index (χ0) is 27.9. The van der Waals surface area contributed by atoms with Crippen molar-refractivity contribution >= 4 is 17.9 Å². The first-order valence-electron chi connectivity index (χ1n) is 14.2. The van der Waals surface area contributed by atoms with Gasteiger partial charge in [-0.2, -0.15) is 5.26 Å². The Labute approximate surface area is 230 Å². The standard InChI is InChI=1S/C30H40N4O5/c1-29(2,3)39-28(37)32-24-11-6-5-9-20-12-13-25(34(20)26(24)35)27(36)33-18-22(23(17-31)30(33)14-15-30)19-8-7-10-21(16-19)38-4/h7-8,10,16,20,22-25H,5-6,9,11-15,18H2,1-4H3,(H,32,37)/t20-,22+,23+,24-,25-/m0/s1. The van der Waals surface area contributed by atoms with Gasteiger partial charge in [-0.05, 0) is 77.0 Å². The Morgan fingerprint density at radius 2 is 1.87 bits per heavy atom. The molecule has 3 heterocycles. The van der Waals surface area contributed by atoms with E-state index in [1.165, 1.54) is 0 Å². The van der Waals surface area contributed by atoms with Crippen LogP contribution in [0.1, 0.15) is 83.6 Å². The fourth-order valence-electron chi connectivity index (χ4n) is 6.96. The van der Waals surface area contributed by atoms with Crippen LogP contribution in [0.5, 0.6) is 5.75 Å². The van der Waals surface area contributed by atoms with E-state index in [0.717, 1.165) is 49.8 Å². The highest BCUT2D eigenvalue weighted by Gasteiger charge is 2.64. The van der Waals surface area contributed by atoms with E-state index in [9.17, 15) is 19.6 Å². The number of benzene rings is 1. The molecule has 9 heteroatoms. The monoisotopic (exact) mass is 536 g/mol. The SMILES string of the molecule is COc1cccc([C@H]2CN(C(=O)[C@@H]3CC[C@@H]4CCCC[C@H](NC(=O)OC(C)(C)C)C(=O)N43)C3(CC3)[C@@H]2C#N)c1. The highest BCUT2D eigenvalue weighted by Crippen LogP contribution is 2.58. The van der Waals surface area contributed by atoms with Crippen LogP contribution >= 0.6 is 0 Å². The smallest absolute Gasteiger partial charge is 0.408 e. The molecule has 3 aliphatic heterocycles. The van der Waals surface area contributed by atoms with Crippen LogP contribution < -0.4 is 10.1 Å². The summed E-state index contributed by atoms with van der Waals surface area (Å²) in [7, 11) is 1.62. The summed E-state index contributed by atoms with van der Waals surface area (Å²) in [6.07, 6.45) is 5.48. The van der Waals surface area contributed by atoms with Crippen molar-refractivity contribution in [2.45, 2.75) is 107 Å². The summed E-state index contributed by atoms with van der Waals surface area (Å²) in [5.41, 5.74) is -0.151. The molecule has 3 amide bonds. The lowest BCUT2D eigenvalue weighted by molar-refractivity contribution is -0.148. The number of nitrogens with one attached hydrogen (secondary N) is 1. The number of hydrogen-bond donors (Lipinski definition) is 1. The van der Waals surface area contributed by atoms with Gasteiger partial charge in [-0.1, -0.05) is 25.0 Å². The molecule has 4 aliphatic rings. The third-order valence-electron chi connectivity index (χ3n) is 8.90. The molecular weight excluding hydrogens is 496 g/mol. The maximum atomic E-state index is 14.3. The molecule has 1 aliphatic carbocycles. The van der Waals surface area contributed by atoms with Crippen molar-refractivity contribution in [1.82, 2.24) is 15.1 Å². The summed E-state index contributed by atoms with van der Waals surface area (Å²) < 4.78 is 10.8. The van der Waals surface area contributed by atoms with E-state index in [1.54, 1.807) is 32.8 Å². The van der Waals surface area contributed by atoms with Gasteiger partial charge in [0.05, 0.1) is 24.6 Å². The molecule has 1 spiro atoms. The second-order valence-corrected chi connectivity index (χ2v) is 12.5. The van der Waals surface area contributed by atoms with Crippen molar-refractivity contribution in [2.75, 3.05) is 13.7 Å². The van der Waals surface area contributed by atoms with Crippen LogP contribution in [0.4, 0.5) is 4.79 Å². The molecule has 39 heavy (non-hydrogen) atoms. The summed E-state index contributed by atoms with van der Waals surface area (Å²) in [6.45, 7) is 5.81. The van der Waals surface area contributed by atoms with E-state index < -0.39 is 29.3 Å². The number of rotatable bonds is 4. The first-order valence-corrected chi connectivity index (χ1v) is 14.2. The van der Waals surface area contributed by atoms with E-state index >= 15 is 0 Å². The summed E-state index contributed by atoms with van der Waals surface area (Å²) in [6, 6.07) is 8.97. The van der Waals surface area contributed by atoms with Gasteiger partial charge in [0.1, 0.15) is 23.4 Å². The number of amides is 3. The van der Waals surface area contributed by atoms with Gasteiger partial charge < -0.3 is 24.6 Å². The van der Waals surface area contributed by atoms with Crippen LogP contribution in [0.25, 0.3) is 0 Å². The minimum Gasteiger partial charge on any atom is -0.497 e. The Balaban J connectivity index is 1.38. The Bertz CT molecular complexity index is 1170. The van der Waals surface area contributed by atoms with Gasteiger partial charge >= 0.3 is 6.09 Å². The molecule has 0 aromatic heterocycles. The van der Waals surface area contributed by atoms with Crippen LogP contribution in [0.15, 0.2) is 24.3 Å². The number of nitriles is 1. The van der Waals surface area contributed by atoms with E-state index in [2.05, 4.69) is 11.4 Å². The van der Waals surface area contributed by atoms with Crippen LogP contribution in [0.2, 0.25) is 0 Å². The third-order valence-corrected chi connectivity index (χ3v) is 8.90. The van der Waals surface area contributed by atoms with Gasteiger partial charge in [-0.25, -0.2) is 4.79 Å². The summed E-state index contributed by atoms with van der Waals surface area (Å²) >= 11 is 0. The van der Waals surface area contributed by atoms with E-state index in [-0.39, 0.29) is 29.7 Å². The number of methoxy groups -OCH3 is 1. The maximum absolute atomic E-state index is 14.3. The van der Waals surface area contributed by atoms with Crippen LogP contribution in [-0.2, 0) is 14.3 Å². The van der Waals surface area contributed by atoms with Gasteiger partial charge in [0.25, 0.3) is 0 Å². The Morgan fingerprint density at radius 3 is 2.54 bits per heavy atom. The number of likely N-dealkylation sites (tertiary alicyclic amines) is 1. The van der Waals surface area contributed by atoms with E-state index in [0.29, 0.717) is 19.4 Å². The number of ether oxygens (including phenoxy) is 2. The first-order chi connectivity index (χ1) is 18.6. The van der Waals surface area contributed by atoms with Gasteiger partial charge in [0.2, 0.25) is 11.8 Å². The molecule has 1 aromatic rings. The number of carbonyl (C=O) groups excluding carboxylic acids is 3. The lowest BCUT2D eigenvalue weighted by atomic mass is 9.85. The maximum Gasteiger partial charge on any atom is 0.408 e. The fraction of sp³-hybridized carbons (Fsp3) is 0.667. The molecule has 5 rings (SSSR count). The summed E-state index contributed by atoms with van der Waals surface area (Å²) in [4.78, 5) is 44.4. The minimum atomic E-state index is -0.721. The molecule has 9 nitrogen and oxygen atoms in total. The molecule has 5 atom stereocenters. The normalized spacial score (nSPS) is 29.7. The van der Waals surface area contributed by atoms with Gasteiger partial charge in [0.15, 0.2) is 0 Å². The third kappa shape index (κ3) is 5.18. The number of hydrogen-bond acceptors (Lipinski definition) is 6. The molecule has 3 saturated heterocycles. The summed E-state index contributed by atoms with van der Waals surface area (Å²) in [5.74, 6) is 0.0400. The van der Waals surface area contributed by atoms with Gasteiger partial charge in [-0.3, -0.25) is 9.59 Å². The average Bonchev–Trinajstić information content (AvgIpc) is 3.45. The molecule has 4 fully saturated rings. The average molecular weight is 537 g/mol. The van der Waals surface area contributed by atoms with Gasteiger partial charge in [0, 0.05) is 18.5 Å². The predicted molar refractivity (Wildman–Crippen MR) is 144 cm³/mol. The Morgan fingerprint density at radius 1 is 1.13 bits per heavy atom. The molecule has 1 aromatic carbocycles. The van der Waals surface area contributed by atoms with Gasteiger partial charge in [-0.15, -0.1) is 0 Å². The number of carbonyl (C=O) groups is 3. The van der Waals surface area contributed by atoms with Crippen molar-refractivity contribution in [1.29, 1.82) is 5.26 Å². The second-order valence-electron chi connectivity index (χ2n) is 12.5. The molecule has 1 saturated carbocycles. The zero-order valence-electron chi connectivity index (χ0n) is 23.4. The topological polar surface area (TPSA) is 112 Å². The van der Waals surface area contributed by atoms with E-state index in [4.69, 9.17) is 9.47 Å². The highest BCUT2D eigenvalue weighted by molar-refractivity contribution is 5.93. The lowest BCUT2D eigenvalue weighted by Crippen LogP contribution is -2.58.